The molecule has 1 aromatic carbocycles. The molecule has 1 saturated heterocycles. The van der Waals surface area contributed by atoms with Gasteiger partial charge in [0.25, 0.3) is 0 Å². The fraction of sp³-hybridized carbons (Fsp3) is 0.562. The number of benzene rings is 1. The van der Waals surface area contributed by atoms with E-state index in [1.54, 1.807) is 0 Å². The molecule has 0 amide bonds. The first-order valence-corrected chi connectivity index (χ1v) is 7.45. The first-order valence-electron chi connectivity index (χ1n) is 7.45. The van der Waals surface area contributed by atoms with Gasteiger partial charge in [0.15, 0.2) is 0 Å². The molecule has 0 spiro atoms. The van der Waals surface area contributed by atoms with Gasteiger partial charge in [-0.15, -0.1) is 0 Å². The van der Waals surface area contributed by atoms with Gasteiger partial charge in [0, 0.05) is 18.8 Å². The van der Waals surface area contributed by atoms with Crippen molar-refractivity contribution in [2.75, 3.05) is 31.7 Å². The molecule has 0 aliphatic carbocycles. The van der Waals surface area contributed by atoms with Crippen LogP contribution in [0.4, 0.5) is 5.69 Å². The largest absolute Gasteiger partial charge is 0.494 e. The van der Waals surface area contributed by atoms with Crippen molar-refractivity contribution < 1.29 is 14.3 Å². The number of anilines is 1. The molecule has 0 bridgehead atoms. The Morgan fingerprint density at radius 3 is 2.76 bits per heavy atom. The molecule has 116 valence electrons. The van der Waals surface area contributed by atoms with Gasteiger partial charge < -0.3 is 20.1 Å². The molecule has 2 unspecified atom stereocenters. The van der Waals surface area contributed by atoms with E-state index < -0.39 is 6.04 Å². The fourth-order valence-corrected chi connectivity index (χ4v) is 2.79. The normalized spacial score (nSPS) is 19.4. The quantitative estimate of drug-likeness (QED) is 0.810. The first kappa shape index (κ1) is 15.6. The van der Waals surface area contributed by atoms with Crippen molar-refractivity contribution in [1.29, 1.82) is 0 Å². The van der Waals surface area contributed by atoms with Crippen LogP contribution in [0, 0.1) is 5.92 Å². The summed E-state index contributed by atoms with van der Waals surface area (Å²) in [4.78, 5) is 13.7. The van der Waals surface area contributed by atoms with Crippen LogP contribution in [-0.4, -0.2) is 38.8 Å². The topological polar surface area (TPSA) is 64.8 Å². The lowest BCUT2D eigenvalue weighted by atomic mass is 10.00. The first-order chi connectivity index (χ1) is 10.1. The summed E-state index contributed by atoms with van der Waals surface area (Å²) in [7, 11) is 1.38. The number of hydrogen-bond donors (Lipinski definition) is 1. The van der Waals surface area contributed by atoms with Crippen LogP contribution in [-0.2, 0) is 9.53 Å². The molecule has 2 N–H and O–H groups in total. The second-order valence-electron chi connectivity index (χ2n) is 5.39. The highest BCUT2D eigenvalue weighted by Gasteiger charge is 2.27. The molecule has 0 radical (unpaired) electrons. The molecule has 5 heteroatoms. The maximum absolute atomic E-state index is 11.4. The molecule has 0 aromatic heterocycles. The molecular weight excluding hydrogens is 268 g/mol. The summed E-state index contributed by atoms with van der Waals surface area (Å²) in [6, 6.07) is 7.63. The maximum atomic E-state index is 11.4. The summed E-state index contributed by atoms with van der Waals surface area (Å²) < 4.78 is 10.1. The van der Waals surface area contributed by atoms with Crippen LogP contribution in [0.2, 0.25) is 0 Å². The molecular formula is C16H24N2O3. The monoisotopic (exact) mass is 292 g/mol. The third kappa shape index (κ3) is 4.11. The van der Waals surface area contributed by atoms with Crippen LogP contribution >= 0.6 is 0 Å². The second-order valence-corrected chi connectivity index (χ2v) is 5.39. The van der Waals surface area contributed by atoms with Gasteiger partial charge in [-0.2, -0.15) is 0 Å². The van der Waals surface area contributed by atoms with Crippen molar-refractivity contribution in [1.82, 2.24) is 0 Å². The van der Waals surface area contributed by atoms with E-state index >= 15 is 0 Å². The van der Waals surface area contributed by atoms with Crippen LogP contribution in [0.5, 0.6) is 5.75 Å². The van der Waals surface area contributed by atoms with E-state index in [-0.39, 0.29) is 5.97 Å². The van der Waals surface area contributed by atoms with Crippen molar-refractivity contribution >= 4 is 11.7 Å². The zero-order valence-corrected chi connectivity index (χ0v) is 12.7. The van der Waals surface area contributed by atoms with Gasteiger partial charge in [-0.3, -0.25) is 4.79 Å². The maximum Gasteiger partial charge on any atom is 0.322 e. The van der Waals surface area contributed by atoms with Crippen molar-refractivity contribution in [3.63, 3.8) is 0 Å². The third-order valence-corrected chi connectivity index (χ3v) is 3.89. The number of nitrogens with zero attached hydrogens (tertiary/aromatic N) is 1. The number of nitrogens with two attached hydrogens (primary N) is 1. The average Bonchev–Trinajstić information content (AvgIpc) is 2.96. The molecule has 2 rings (SSSR count). The van der Waals surface area contributed by atoms with E-state index in [4.69, 9.17) is 10.5 Å². The number of esters is 1. The highest BCUT2D eigenvalue weighted by Crippen LogP contribution is 2.27. The Balaban J connectivity index is 1.88. The minimum absolute atomic E-state index is 0.325. The van der Waals surface area contributed by atoms with E-state index in [1.807, 2.05) is 19.1 Å². The standard InChI is InChI=1S/C16H24N2O3/c1-3-21-14-6-4-13(5-7-14)18-9-8-12(11-18)10-15(17)16(19)20-2/h4-7,12,15H,3,8-11,17H2,1-2H3. The molecule has 5 nitrogen and oxygen atoms in total. The number of carbonyl (C=O) groups is 1. The summed E-state index contributed by atoms with van der Waals surface area (Å²) >= 11 is 0. The van der Waals surface area contributed by atoms with E-state index in [0.29, 0.717) is 18.9 Å². The number of methoxy groups -OCH3 is 1. The van der Waals surface area contributed by atoms with Gasteiger partial charge in [0.05, 0.1) is 13.7 Å². The molecule has 1 aliphatic rings. The Morgan fingerprint density at radius 2 is 2.14 bits per heavy atom. The van der Waals surface area contributed by atoms with Crippen molar-refractivity contribution in [2.24, 2.45) is 11.7 Å². The van der Waals surface area contributed by atoms with Gasteiger partial charge in [0.1, 0.15) is 11.8 Å². The van der Waals surface area contributed by atoms with Crippen molar-refractivity contribution in [3.8, 4) is 5.75 Å². The predicted octanol–water partition coefficient (Wildman–Crippen LogP) is 1.80. The van der Waals surface area contributed by atoms with Crippen LogP contribution in [0.3, 0.4) is 0 Å². The highest BCUT2D eigenvalue weighted by molar-refractivity contribution is 5.75. The summed E-state index contributed by atoms with van der Waals surface area (Å²) in [6.07, 6.45) is 1.73. The molecule has 2 atom stereocenters. The smallest absolute Gasteiger partial charge is 0.322 e. The van der Waals surface area contributed by atoms with E-state index in [9.17, 15) is 4.79 Å². The number of carbonyl (C=O) groups excluding carboxylic acids is 1. The lowest BCUT2D eigenvalue weighted by Gasteiger charge is -2.20. The highest BCUT2D eigenvalue weighted by atomic mass is 16.5. The van der Waals surface area contributed by atoms with Gasteiger partial charge >= 0.3 is 5.97 Å². The molecule has 1 heterocycles. The van der Waals surface area contributed by atoms with Crippen LogP contribution < -0.4 is 15.4 Å². The summed E-state index contributed by atoms with van der Waals surface area (Å²) in [5, 5.41) is 0. The van der Waals surface area contributed by atoms with Crippen LogP contribution in [0.1, 0.15) is 19.8 Å². The second kappa shape index (κ2) is 7.31. The molecule has 0 saturated carbocycles. The predicted molar refractivity (Wildman–Crippen MR) is 82.5 cm³/mol. The summed E-state index contributed by atoms with van der Waals surface area (Å²) in [5.74, 6) is 1.00. The SMILES string of the molecule is CCOc1ccc(N2CCC(CC(N)C(=O)OC)C2)cc1. The lowest BCUT2D eigenvalue weighted by molar-refractivity contribution is -0.142. The van der Waals surface area contributed by atoms with E-state index in [2.05, 4.69) is 21.8 Å². The third-order valence-electron chi connectivity index (χ3n) is 3.89. The van der Waals surface area contributed by atoms with Gasteiger partial charge in [-0.25, -0.2) is 0 Å². The molecule has 1 aliphatic heterocycles. The van der Waals surface area contributed by atoms with Gasteiger partial charge in [-0.05, 0) is 49.9 Å². The zero-order chi connectivity index (χ0) is 15.2. The van der Waals surface area contributed by atoms with Crippen molar-refractivity contribution in [3.05, 3.63) is 24.3 Å². The minimum atomic E-state index is -0.514. The van der Waals surface area contributed by atoms with Gasteiger partial charge in [-0.1, -0.05) is 0 Å². The Hall–Kier alpha value is -1.75. The molecule has 1 fully saturated rings. The Labute approximate surface area is 126 Å². The number of hydrogen-bond acceptors (Lipinski definition) is 5. The van der Waals surface area contributed by atoms with Gasteiger partial charge in [0.2, 0.25) is 0 Å². The Bertz CT molecular complexity index is 461. The van der Waals surface area contributed by atoms with Crippen molar-refractivity contribution in [2.45, 2.75) is 25.8 Å². The molecule has 1 aromatic rings. The average molecular weight is 292 g/mol. The number of ether oxygens (including phenoxy) is 2. The van der Waals surface area contributed by atoms with E-state index in [1.165, 1.54) is 12.8 Å². The fourth-order valence-electron chi connectivity index (χ4n) is 2.79. The number of rotatable bonds is 6. The zero-order valence-electron chi connectivity index (χ0n) is 12.7. The van der Waals surface area contributed by atoms with Crippen LogP contribution in [0.15, 0.2) is 24.3 Å². The Kier molecular flexibility index (Phi) is 5.44. The molecule has 21 heavy (non-hydrogen) atoms. The van der Waals surface area contributed by atoms with E-state index in [0.717, 1.165) is 25.3 Å². The van der Waals surface area contributed by atoms with Crippen LogP contribution in [0.25, 0.3) is 0 Å². The summed E-state index contributed by atoms with van der Waals surface area (Å²) in [5.41, 5.74) is 7.02. The lowest BCUT2D eigenvalue weighted by Crippen LogP contribution is -2.34. The minimum Gasteiger partial charge on any atom is -0.494 e. The summed E-state index contributed by atoms with van der Waals surface area (Å²) in [6.45, 7) is 4.57. The Morgan fingerprint density at radius 1 is 1.43 bits per heavy atom.